The lowest BCUT2D eigenvalue weighted by Gasteiger charge is -2.11. The molecule has 0 unspecified atom stereocenters. The zero-order valence-electron chi connectivity index (χ0n) is 12.7. The van der Waals surface area contributed by atoms with Crippen molar-refractivity contribution in [2.24, 2.45) is 0 Å². The molecule has 0 aliphatic heterocycles. The van der Waals surface area contributed by atoms with E-state index in [0.717, 1.165) is 45.3 Å². The van der Waals surface area contributed by atoms with E-state index in [2.05, 4.69) is 6.07 Å². The zero-order valence-corrected chi connectivity index (χ0v) is 14.3. The number of fused-ring (bicyclic) bond motifs is 1. The van der Waals surface area contributed by atoms with Crippen molar-refractivity contribution < 1.29 is 4.74 Å². The van der Waals surface area contributed by atoms with E-state index in [-0.39, 0.29) is 5.56 Å². The summed E-state index contributed by atoms with van der Waals surface area (Å²) < 4.78 is 7.93. The molecule has 0 saturated heterocycles. The van der Waals surface area contributed by atoms with E-state index in [1.54, 1.807) is 18.9 Å². The van der Waals surface area contributed by atoms with Crippen LogP contribution in [0.15, 0.2) is 45.7 Å². The molecular formula is C17H16N2O2S2. The van der Waals surface area contributed by atoms with Crippen molar-refractivity contribution >= 4 is 33.3 Å². The minimum atomic E-state index is 0.112. The lowest BCUT2D eigenvalue weighted by atomic mass is 10.2. The van der Waals surface area contributed by atoms with Crippen LogP contribution in [0, 0.1) is 0 Å². The van der Waals surface area contributed by atoms with Gasteiger partial charge in [-0.05, 0) is 42.0 Å². The van der Waals surface area contributed by atoms with Gasteiger partial charge in [0.1, 0.15) is 10.4 Å². The van der Waals surface area contributed by atoms with E-state index in [1.165, 1.54) is 11.3 Å². The van der Waals surface area contributed by atoms with Gasteiger partial charge in [0.15, 0.2) is 5.16 Å². The van der Waals surface area contributed by atoms with Gasteiger partial charge in [0, 0.05) is 11.8 Å². The molecule has 0 spiro atoms. The molecule has 0 radical (unpaired) electrons. The smallest absolute Gasteiger partial charge is 0.272 e. The summed E-state index contributed by atoms with van der Waals surface area (Å²) in [5, 5.41) is 2.76. The molecule has 0 amide bonds. The van der Waals surface area contributed by atoms with Crippen LogP contribution < -0.4 is 10.3 Å². The van der Waals surface area contributed by atoms with Gasteiger partial charge in [-0.2, -0.15) is 0 Å². The monoisotopic (exact) mass is 344 g/mol. The third kappa shape index (κ3) is 2.88. The van der Waals surface area contributed by atoms with Crippen molar-refractivity contribution in [3.8, 4) is 5.75 Å². The Kier molecular flexibility index (Phi) is 3.87. The van der Waals surface area contributed by atoms with E-state index >= 15 is 0 Å². The van der Waals surface area contributed by atoms with Gasteiger partial charge in [-0.15, -0.1) is 11.3 Å². The van der Waals surface area contributed by atoms with E-state index < -0.39 is 0 Å². The van der Waals surface area contributed by atoms with Gasteiger partial charge in [0.05, 0.1) is 12.6 Å². The van der Waals surface area contributed by atoms with Crippen LogP contribution in [0.5, 0.6) is 5.75 Å². The van der Waals surface area contributed by atoms with E-state index in [9.17, 15) is 4.79 Å². The normalized spacial score (nSPS) is 14.3. The highest BCUT2D eigenvalue weighted by Gasteiger charge is 2.28. The predicted molar refractivity (Wildman–Crippen MR) is 94.7 cm³/mol. The van der Waals surface area contributed by atoms with Crippen LogP contribution in [-0.2, 0) is 5.75 Å². The first-order chi connectivity index (χ1) is 11.3. The summed E-state index contributed by atoms with van der Waals surface area (Å²) in [4.78, 5) is 17.4. The molecule has 3 aromatic rings. The number of aromatic nitrogens is 2. The van der Waals surface area contributed by atoms with Crippen molar-refractivity contribution in [1.82, 2.24) is 9.55 Å². The Labute approximate surface area is 142 Å². The van der Waals surface area contributed by atoms with Crippen LogP contribution in [0.25, 0.3) is 10.2 Å². The second-order valence-electron chi connectivity index (χ2n) is 5.58. The SMILES string of the molecule is COc1cccc(CSc2nc3ccsc3c(=O)n2C2CC2)c1. The van der Waals surface area contributed by atoms with Gasteiger partial charge in [-0.3, -0.25) is 9.36 Å². The van der Waals surface area contributed by atoms with Gasteiger partial charge in [0.25, 0.3) is 5.56 Å². The summed E-state index contributed by atoms with van der Waals surface area (Å²) in [6.45, 7) is 0. The van der Waals surface area contributed by atoms with Crippen molar-refractivity contribution in [1.29, 1.82) is 0 Å². The second-order valence-corrected chi connectivity index (χ2v) is 7.43. The number of hydrogen-bond acceptors (Lipinski definition) is 5. The maximum Gasteiger partial charge on any atom is 0.272 e. The zero-order chi connectivity index (χ0) is 15.8. The van der Waals surface area contributed by atoms with Crippen molar-refractivity contribution in [2.45, 2.75) is 29.8 Å². The topological polar surface area (TPSA) is 44.1 Å². The summed E-state index contributed by atoms with van der Waals surface area (Å²) in [7, 11) is 1.67. The molecule has 1 aliphatic carbocycles. The molecular weight excluding hydrogens is 328 g/mol. The number of methoxy groups -OCH3 is 1. The van der Waals surface area contributed by atoms with E-state index in [0.29, 0.717) is 6.04 Å². The Balaban J connectivity index is 1.67. The number of thiophene rings is 1. The van der Waals surface area contributed by atoms with Crippen LogP contribution in [0.3, 0.4) is 0 Å². The number of benzene rings is 1. The predicted octanol–water partition coefficient (Wildman–Crippen LogP) is 4.09. The number of hydrogen-bond donors (Lipinski definition) is 0. The summed E-state index contributed by atoms with van der Waals surface area (Å²) in [5.41, 5.74) is 2.09. The van der Waals surface area contributed by atoms with Crippen molar-refractivity contribution in [3.05, 3.63) is 51.6 Å². The highest BCUT2D eigenvalue weighted by Crippen LogP contribution is 2.37. The van der Waals surface area contributed by atoms with Crippen LogP contribution >= 0.6 is 23.1 Å². The molecule has 118 valence electrons. The van der Waals surface area contributed by atoms with Crippen LogP contribution in [-0.4, -0.2) is 16.7 Å². The molecule has 2 aromatic heterocycles. The second kappa shape index (κ2) is 6.02. The maximum atomic E-state index is 12.7. The summed E-state index contributed by atoms with van der Waals surface area (Å²) in [6.07, 6.45) is 2.15. The molecule has 1 aromatic carbocycles. The van der Waals surface area contributed by atoms with Crippen LogP contribution in [0.4, 0.5) is 0 Å². The molecule has 1 saturated carbocycles. The maximum absolute atomic E-state index is 12.7. The van der Waals surface area contributed by atoms with Gasteiger partial charge >= 0.3 is 0 Å². The number of rotatable bonds is 5. The Morgan fingerprint density at radius 2 is 2.26 bits per heavy atom. The molecule has 4 nitrogen and oxygen atoms in total. The van der Waals surface area contributed by atoms with Crippen molar-refractivity contribution in [3.63, 3.8) is 0 Å². The minimum Gasteiger partial charge on any atom is -0.497 e. The van der Waals surface area contributed by atoms with Gasteiger partial charge in [-0.25, -0.2) is 4.98 Å². The van der Waals surface area contributed by atoms with Crippen molar-refractivity contribution in [2.75, 3.05) is 7.11 Å². The Morgan fingerprint density at radius 1 is 1.39 bits per heavy atom. The minimum absolute atomic E-state index is 0.112. The highest BCUT2D eigenvalue weighted by atomic mass is 32.2. The number of nitrogens with zero attached hydrogens (tertiary/aromatic N) is 2. The lowest BCUT2D eigenvalue weighted by molar-refractivity contribution is 0.414. The Hall–Kier alpha value is -1.79. The molecule has 0 bridgehead atoms. The summed E-state index contributed by atoms with van der Waals surface area (Å²) in [5.74, 6) is 1.62. The Bertz CT molecular complexity index is 912. The summed E-state index contributed by atoms with van der Waals surface area (Å²) in [6, 6.07) is 10.3. The quantitative estimate of drug-likeness (QED) is 0.516. The fourth-order valence-electron chi connectivity index (χ4n) is 2.57. The third-order valence-corrected chi connectivity index (χ3v) is 5.81. The average molecular weight is 344 g/mol. The highest BCUT2D eigenvalue weighted by molar-refractivity contribution is 7.98. The molecule has 0 atom stereocenters. The van der Waals surface area contributed by atoms with Gasteiger partial charge in [0.2, 0.25) is 0 Å². The first-order valence-corrected chi connectivity index (χ1v) is 9.38. The molecule has 0 N–H and O–H groups in total. The molecule has 4 rings (SSSR count). The van der Waals surface area contributed by atoms with Crippen LogP contribution in [0.2, 0.25) is 0 Å². The average Bonchev–Trinajstić information content (AvgIpc) is 3.29. The van der Waals surface area contributed by atoms with E-state index in [4.69, 9.17) is 9.72 Å². The third-order valence-electron chi connectivity index (χ3n) is 3.89. The fourth-order valence-corrected chi connectivity index (χ4v) is 4.35. The molecule has 1 fully saturated rings. The van der Waals surface area contributed by atoms with Gasteiger partial charge < -0.3 is 4.74 Å². The first kappa shape index (κ1) is 14.8. The standard InChI is InChI=1S/C17H16N2O2S2/c1-21-13-4-2-3-11(9-13)10-23-17-18-14-7-8-22-15(14)16(20)19(17)12-5-6-12/h2-4,7-9,12H,5-6,10H2,1H3. The number of thioether (sulfide) groups is 1. The fraction of sp³-hybridized carbons (Fsp3) is 0.294. The van der Waals surface area contributed by atoms with E-state index in [1.807, 2.05) is 34.2 Å². The lowest BCUT2D eigenvalue weighted by Crippen LogP contribution is -2.21. The van der Waals surface area contributed by atoms with Crippen LogP contribution in [0.1, 0.15) is 24.4 Å². The molecule has 2 heterocycles. The number of ether oxygens (including phenoxy) is 1. The first-order valence-electron chi connectivity index (χ1n) is 7.52. The molecule has 1 aliphatic rings. The molecule has 23 heavy (non-hydrogen) atoms. The Morgan fingerprint density at radius 3 is 3.04 bits per heavy atom. The van der Waals surface area contributed by atoms with Gasteiger partial charge in [-0.1, -0.05) is 23.9 Å². The summed E-state index contributed by atoms with van der Waals surface area (Å²) >= 11 is 3.10. The molecule has 6 heteroatoms. The largest absolute Gasteiger partial charge is 0.497 e.